The molecule has 4 heterocycles. The number of pyridine rings is 1. The Kier molecular flexibility index (Phi) is 6.44. The topological polar surface area (TPSA) is 105 Å². The number of ether oxygens (including phenoxy) is 1. The molecular formula is C28H33N7O2. The Morgan fingerprint density at radius 1 is 1.08 bits per heavy atom. The van der Waals surface area contributed by atoms with Crippen molar-refractivity contribution in [1.29, 1.82) is 0 Å². The number of amides is 1. The summed E-state index contributed by atoms with van der Waals surface area (Å²) in [6.07, 6.45) is 9.46. The first-order valence-electron chi connectivity index (χ1n) is 12.9. The van der Waals surface area contributed by atoms with Crippen molar-refractivity contribution in [1.82, 2.24) is 24.9 Å². The fourth-order valence-corrected chi connectivity index (χ4v) is 4.69. The van der Waals surface area contributed by atoms with E-state index in [4.69, 9.17) is 9.72 Å². The van der Waals surface area contributed by atoms with Gasteiger partial charge in [0.15, 0.2) is 5.65 Å². The van der Waals surface area contributed by atoms with E-state index >= 15 is 0 Å². The molecule has 192 valence electrons. The summed E-state index contributed by atoms with van der Waals surface area (Å²) in [7, 11) is 0. The van der Waals surface area contributed by atoms with Crippen LogP contribution in [-0.2, 0) is 11.3 Å². The molecule has 3 aromatic heterocycles. The van der Waals surface area contributed by atoms with Crippen LogP contribution in [-0.4, -0.2) is 50.8 Å². The molecule has 0 spiro atoms. The van der Waals surface area contributed by atoms with Crippen molar-refractivity contribution in [3.8, 4) is 11.1 Å². The number of nitrogens with one attached hydrogen (secondary N) is 3. The highest BCUT2D eigenvalue weighted by molar-refractivity contribution is 5.97. The van der Waals surface area contributed by atoms with Crippen molar-refractivity contribution < 1.29 is 11.0 Å². The molecule has 2 aliphatic rings. The second-order valence-electron chi connectivity index (χ2n) is 9.84. The normalized spacial score (nSPS) is 16.0. The maximum absolute atomic E-state index is 12.6. The zero-order valence-corrected chi connectivity index (χ0v) is 20.9. The average molecular weight is 500 g/mol. The first-order chi connectivity index (χ1) is 18.1. The number of aromatic nitrogens is 4. The van der Waals surface area contributed by atoms with Crippen LogP contribution in [0.2, 0.25) is 0 Å². The molecule has 1 aliphatic heterocycles. The van der Waals surface area contributed by atoms with Crippen LogP contribution in [0.25, 0.3) is 16.8 Å². The lowest BCUT2D eigenvalue weighted by Crippen LogP contribution is -2.28. The van der Waals surface area contributed by atoms with Gasteiger partial charge in [0.05, 0.1) is 6.20 Å². The van der Waals surface area contributed by atoms with Gasteiger partial charge in [-0.15, -0.1) is 0 Å². The number of hydrogen-bond donors (Lipinski definition) is 3. The lowest BCUT2D eigenvalue weighted by molar-refractivity contribution is 0.0903. The third-order valence-electron chi connectivity index (χ3n) is 6.96. The summed E-state index contributed by atoms with van der Waals surface area (Å²) in [5.41, 5.74) is 5.42. The number of nitrogens with zero attached hydrogens (tertiary/aromatic N) is 4. The zero-order chi connectivity index (χ0) is 25.2. The summed E-state index contributed by atoms with van der Waals surface area (Å²) in [5.74, 6) is 1.64. The molecule has 0 atom stereocenters. The van der Waals surface area contributed by atoms with E-state index in [1.54, 1.807) is 12.4 Å². The minimum absolute atomic E-state index is 0. The number of hydrogen-bond acceptors (Lipinski definition) is 7. The third-order valence-corrected chi connectivity index (χ3v) is 6.96. The molecule has 0 bridgehead atoms. The van der Waals surface area contributed by atoms with E-state index in [-0.39, 0.29) is 7.33 Å². The first-order valence-corrected chi connectivity index (χ1v) is 12.9. The maximum Gasteiger partial charge on any atom is 0.251 e. The number of carbonyl (C=O) groups excluding carboxylic acids is 1. The molecule has 1 saturated carbocycles. The van der Waals surface area contributed by atoms with Crippen LogP contribution in [0.3, 0.4) is 0 Å². The molecule has 9 nitrogen and oxygen atoms in total. The Balaban J connectivity index is 0.00000294. The minimum atomic E-state index is -0.00455. The zero-order valence-electron chi connectivity index (χ0n) is 20.9. The molecule has 0 unspecified atom stereocenters. The van der Waals surface area contributed by atoms with Gasteiger partial charge in [-0.3, -0.25) is 9.78 Å². The van der Waals surface area contributed by atoms with Crippen LogP contribution in [0, 0.1) is 6.92 Å². The first kappa shape index (κ1) is 23.4. The van der Waals surface area contributed by atoms with Gasteiger partial charge in [-0.05, 0) is 67.5 Å². The van der Waals surface area contributed by atoms with Gasteiger partial charge in [0.1, 0.15) is 11.6 Å². The number of aryl methyl sites for hydroxylation is 1. The van der Waals surface area contributed by atoms with Gasteiger partial charge in [0, 0.05) is 62.9 Å². The summed E-state index contributed by atoms with van der Waals surface area (Å²) < 4.78 is 7.37. The van der Waals surface area contributed by atoms with Gasteiger partial charge in [0.2, 0.25) is 0 Å². The van der Waals surface area contributed by atoms with E-state index in [0.29, 0.717) is 24.2 Å². The van der Waals surface area contributed by atoms with Gasteiger partial charge in [-0.1, -0.05) is 12.1 Å². The Bertz CT molecular complexity index is 1420. The molecule has 4 aromatic rings. The molecular weight excluding hydrogens is 466 g/mol. The number of fused-ring (bicyclic) bond motifs is 1. The van der Waals surface area contributed by atoms with Crippen molar-refractivity contribution in [3.05, 3.63) is 71.7 Å². The number of anilines is 2. The van der Waals surface area contributed by atoms with Crippen LogP contribution in [0.4, 0.5) is 11.6 Å². The van der Waals surface area contributed by atoms with Gasteiger partial charge < -0.3 is 20.7 Å². The molecule has 37 heavy (non-hydrogen) atoms. The van der Waals surface area contributed by atoms with E-state index in [2.05, 4.69) is 26.0 Å². The minimum Gasteiger partial charge on any atom is -0.381 e. The van der Waals surface area contributed by atoms with Gasteiger partial charge in [0.25, 0.3) is 5.91 Å². The predicted octanol–water partition coefficient (Wildman–Crippen LogP) is 4.44. The van der Waals surface area contributed by atoms with Crippen LogP contribution in [0.15, 0.2) is 55.0 Å². The number of carbonyl (C=O) groups is 1. The van der Waals surface area contributed by atoms with Crippen molar-refractivity contribution in [2.24, 2.45) is 0 Å². The molecule has 6 rings (SSSR count). The Hall–Kier alpha value is -3.98. The highest BCUT2D eigenvalue weighted by atomic mass is 16.5. The third kappa shape index (κ3) is 5.27. The van der Waals surface area contributed by atoms with Crippen molar-refractivity contribution >= 4 is 23.2 Å². The Morgan fingerprint density at radius 3 is 2.65 bits per heavy atom. The Labute approximate surface area is 217 Å². The summed E-state index contributed by atoms with van der Waals surface area (Å²) in [4.78, 5) is 21.7. The van der Waals surface area contributed by atoms with Gasteiger partial charge >= 0.3 is 0 Å². The molecule has 2 fully saturated rings. The summed E-state index contributed by atoms with van der Waals surface area (Å²) in [5, 5.41) is 14.9. The molecule has 1 aliphatic carbocycles. The second-order valence-corrected chi connectivity index (χ2v) is 9.84. The molecule has 9 heteroatoms. The summed E-state index contributed by atoms with van der Waals surface area (Å²) in [6, 6.07) is 12.6. The largest absolute Gasteiger partial charge is 0.381 e. The van der Waals surface area contributed by atoms with E-state index in [9.17, 15) is 4.79 Å². The number of rotatable bonds is 8. The highest BCUT2D eigenvalue weighted by Crippen LogP contribution is 2.30. The molecule has 1 saturated heterocycles. The van der Waals surface area contributed by atoms with E-state index < -0.39 is 0 Å². The van der Waals surface area contributed by atoms with E-state index in [0.717, 1.165) is 78.4 Å². The predicted molar refractivity (Wildman–Crippen MR) is 145 cm³/mol. The Morgan fingerprint density at radius 2 is 1.89 bits per heavy atom. The summed E-state index contributed by atoms with van der Waals surface area (Å²) >= 11 is 0. The number of benzene rings is 1. The second kappa shape index (κ2) is 10.2. The summed E-state index contributed by atoms with van der Waals surface area (Å²) in [6.45, 7) is 4.12. The molecule has 1 amide bonds. The van der Waals surface area contributed by atoms with Crippen LogP contribution >= 0.6 is 0 Å². The van der Waals surface area contributed by atoms with Crippen LogP contribution < -0.4 is 16.0 Å². The fourth-order valence-electron chi connectivity index (χ4n) is 4.69. The SMILES string of the molecule is Cc1cc(-c2cnn3c(NCc4ccncc4)cc(NC4CCOCC4)nc23)ccc1C(=O)NC1CC1.[HH]. The van der Waals surface area contributed by atoms with Crippen molar-refractivity contribution in [3.63, 3.8) is 0 Å². The molecule has 1 aromatic carbocycles. The molecule has 3 N–H and O–H groups in total. The van der Waals surface area contributed by atoms with Gasteiger partial charge in [-0.25, -0.2) is 4.98 Å². The highest BCUT2D eigenvalue weighted by Gasteiger charge is 2.25. The van der Waals surface area contributed by atoms with Crippen LogP contribution in [0.1, 0.15) is 48.6 Å². The smallest absolute Gasteiger partial charge is 0.251 e. The average Bonchev–Trinajstić information content (AvgIpc) is 3.63. The van der Waals surface area contributed by atoms with E-state index in [1.807, 2.05) is 54.0 Å². The lowest BCUT2D eigenvalue weighted by atomic mass is 10.0. The quantitative estimate of drug-likeness (QED) is 0.329. The standard InChI is InChI=1S/C28H31N7O2.H2/c1-18-14-20(2-5-23(18)28(36)33-21-3-4-21)24-17-31-35-26(30-16-19-6-10-29-11-7-19)15-25(34-27(24)35)32-22-8-12-37-13-9-22;/h2,5-7,10-11,14-15,17,21-22,30H,3-4,8-9,12-13,16H2,1H3,(H,32,34)(H,33,36);1H. The van der Waals surface area contributed by atoms with Crippen LogP contribution in [0.5, 0.6) is 0 Å². The van der Waals surface area contributed by atoms with Gasteiger partial charge in [-0.2, -0.15) is 9.61 Å². The van der Waals surface area contributed by atoms with Crippen molar-refractivity contribution in [2.75, 3.05) is 23.8 Å². The molecule has 0 radical (unpaired) electrons. The lowest BCUT2D eigenvalue weighted by Gasteiger charge is -2.24. The monoisotopic (exact) mass is 499 g/mol. The van der Waals surface area contributed by atoms with E-state index in [1.165, 1.54) is 0 Å². The maximum atomic E-state index is 12.6. The fraction of sp³-hybridized carbons (Fsp3) is 0.357. The van der Waals surface area contributed by atoms with Crippen molar-refractivity contribution in [2.45, 2.75) is 51.2 Å².